The number of nitrogens with one attached hydrogen (secondary N) is 1. The van der Waals surface area contributed by atoms with Crippen LogP contribution >= 0.6 is 0 Å². The van der Waals surface area contributed by atoms with Gasteiger partial charge in [-0.3, -0.25) is 0 Å². The molecule has 3 nitrogen and oxygen atoms in total. The van der Waals surface area contributed by atoms with E-state index in [-0.39, 0.29) is 0 Å². The van der Waals surface area contributed by atoms with E-state index in [4.69, 9.17) is 4.42 Å². The smallest absolute Gasteiger partial charge is 0.159 e. The van der Waals surface area contributed by atoms with Crippen molar-refractivity contribution < 1.29 is 4.42 Å². The van der Waals surface area contributed by atoms with E-state index in [2.05, 4.69) is 186 Å². The van der Waals surface area contributed by atoms with E-state index in [0.717, 1.165) is 55.7 Å². The number of anilines is 2. The number of nitrogens with zero attached hydrogens (tertiary/aromatic N) is 1. The minimum atomic E-state index is 0.844. The molecule has 51 heavy (non-hydrogen) atoms. The molecular formula is C48H32N2O. The summed E-state index contributed by atoms with van der Waals surface area (Å²) in [5, 5.41) is 8.37. The minimum absolute atomic E-state index is 0.844. The topological polar surface area (TPSA) is 30.1 Å². The zero-order valence-corrected chi connectivity index (χ0v) is 27.8. The summed E-state index contributed by atoms with van der Waals surface area (Å²) in [5.41, 5.74) is 14.1. The van der Waals surface area contributed by atoms with Gasteiger partial charge in [0.05, 0.1) is 16.7 Å². The number of hydrogen-bond donors (Lipinski definition) is 1. The molecule has 0 atom stereocenters. The van der Waals surface area contributed by atoms with Crippen molar-refractivity contribution in [3.05, 3.63) is 188 Å². The summed E-state index contributed by atoms with van der Waals surface area (Å²) in [4.78, 5) is 0. The first-order chi connectivity index (χ1) is 25.3. The number of para-hydroxylation sites is 2. The number of benzene rings is 8. The fourth-order valence-corrected chi connectivity index (χ4v) is 7.55. The molecule has 3 heteroatoms. The summed E-state index contributed by atoms with van der Waals surface area (Å²) in [6.07, 6.45) is 0. The van der Waals surface area contributed by atoms with Gasteiger partial charge in [-0.2, -0.15) is 0 Å². The van der Waals surface area contributed by atoms with Gasteiger partial charge in [-0.25, -0.2) is 0 Å². The highest BCUT2D eigenvalue weighted by atomic mass is 16.3. The van der Waals surface area contributed by atoms with Gasteiger partial charge >= 0.3 is 0 Å². The molecule has 0 amide bonds. The van der Waals surface area contributed by atoms with Gasteiger partial charge in [-0.05, 0) is 88.5 Å². The van der Waals surface area contributed by atoms with Crippen LogP contribution in [0.4, 0.5) is 11.4 Å². The maximum absolute atomic E-state index is 6.78. The third kappa shape index (κ3) is 4.98. The Hall–Kier alpha value is -6.84. The van der Waals surface area contributed by atoms with Crippen LogP contribution in [0.2, 0.25) is 0 Å². The molecule has 1 N–H and O–H groups in total. The van der Waals surface area contributed by atoms with E-state index in [1.54, 1.807) is 0 Å². The number of furan rings is 1. The van der Waals surface area contributed by atoms with E-state index in [1.165, 1.54) is 38.5 Å². The fraction of sp³-hybridized carbons (Fsp3) is 0. The number of hydrogen-bond acceptors (Lipinski definition) is 2. The molecule has 0 saturated carbocycles. The number of fused-ring (bicyclic) bond motifs is 6. The molecule has 240 valence electrons. The van der Waals surface area contributed by atoms with Crippen molar-refractivity contribution in [3.8, 4) is 39.1 Å². The lowest BCUT2D eigenvalue weighted by Gasteiger charge is -2.14. The Balaban J connectivity index is 1.16. The molecule has 0 spiro atoms. The van der Waals surface area contributed by atoms with Crippen LogP contribution < -0.4 is 5.32 Å². The lowest BCUT2D eigenvalue weighted by Crippen LogP contribution is -1.95. The molecule has 0 bridgehead atoms. The molecule has 0 aliphatic carbocycles. The largest absolute Gasteiger partial charge is 0.454 e. The van der Waals surface area contributed by atoms with Crippen LogP contribution in [0, 0.1) is 0 Å². The van der Waals surface area contributed by atoms with Gasteiger partial charge < -0.3 is 14.3 Å². The molecule has 0 fully saturated rings. The zero-order valence-electron chi connectivity index (χ0n) is 27.8. The molecule has 0 radical (unpaired) electrons. The lowest BCUT2D eigenvalue weighted by atomic mass is 9.98. The molecule has 8 aromatic carbocycles. The second kappa shape index (κ2) is 11.9. The predicted octanol–water partition coefficient (Wildman–Crippen LogP) is 13.4. The first kappa shape index (κ1) is 29.1. The summed E-state index contributed by atoms with van der Waals surface area (Å²) in [5.74, 6) is 0. The van der Waals surface area contributed by atoms with E-state index in [0.29, 0.717) is 0 Å². The van der Waals surface area contributed by atoms with Crippen molar-refractivity contribution in [2.24, 2.45) is 0 Å². The van der Waals surface area contributed by atoms with Crippen LogP contribution in [0.5, 0.6) is 0 Å². The quantitative estimate of drug-likeness (QED) is 0.194. The highest BCUT2D eigenvalue weighted by Crippen LogP contribution is 2.44. The summed E-state index contributed by atoms with van der Waals surface area (Å²) < 4.78 is 9.17. The van der Waals surface area contributed by atoms with Gasteiger partial charge in [0.25, 0.3) is 0 Å². The van der Waals surface area contributed by atoms with Crippen LogP contribution in [0.25, 0.3) is 82.8 Å². The Morgan fingerprint density at radius 2 is 1.02 bits per heavy atom. The Bertz CT molecular complexity index is 2870. The molecule has 0 saturated heterocycles. The molecule has 10 aromatic rings. The highest BCUT2D eigenvalue weighted by Gasteiger charge is 2.19. The van der Waals surface area contributed by atoms with Gasteiger partial charge in [0.1, 0.15) is 5.58 Å². The standard InChI is InChI=1S/C48H32N2O/c1-4-13-32(14-5-1)34-17-12-20-38(29-34)50-44-22-11-10-21-40(44)43-30-36(24-28-45(43)50)39-26-27-42-41-25-23-35(33-15-6-2-7-16-33)31-46(41)51-48(42)47(39)49-37-18-8-3-9-19-37/h1-31,49H. The van der Waals surface area contributed by atoms with Crippen LogP contribution in [0.3, 0.4) is 0 Å². The normalized spacial score (nSPS) is 11.5. The van der Waals surface area contributed by atoms with Crippen molar-refractivity contribution in [1.82, 2.24) is 4.57 Å². The number of aromatic nitrogens is 1. The van der Waals surface area contributed by atoms with E-state index < -0.39 is 0 Å². The van der Waals surface area contributed by atoms with Crippen LogP contribution in [0.1, 0.15) is 0 Å². The van der Waals surface area contributed by atoms with E-state index in [1.807, 2.05) is 12.1 Å². The van der Waals surface area contributed by atoms with Gasteiger partial charge in [0.15, 0.2) is 5.58 Å². The highest BCUT2D eigenvalue weighted by molar-refractivity contribution is 6.15. The monoisotopic (exact) mass is 652 g/mol. The maximum atomic E-state index is 6.78. The number of rotatable bonds is 6. The average molecular weight is 653 g/mol. The molecular weight excluding hydrogens is 621 g/mol. The first-order valence-corrected chi connectivity index (χ1v) is 17.3. The Labute approximate surface area is 295 Å². The van der Waals surface area contributed by atoms with Crippen molar-refractivity contribution >= 4 is 55.1 Å². The first-order valence-electron chi connectivity index (χ1n) is 17.3. The van der Waals surface area contributed by atoms with Gasteiger partial charge in [-0.1, -0.05) is 127 Å². The van der Waals surface area contributed by atoms with Crippen molar-refractivity contribution in [1.29, 1.82) is 0 Å². The van der Waals surface area contributed by atoms with Crippen LogP contribution in [-0.2, 0) is 0 Å². The predicted molar refractivity (Wildman–Crippen MR) is 214 cm³/mol. The van der Waals surface area contributed by atoms with Crippen molar-refractivity contribution in [2.75, 3.05) is 5.32 Å². The second-order valence-electron chi connectivity index (χ2n) is 13.0. The van der Waals surface area contributed by atoms with Crippen LogP contribution in [-0.4, -0.2) is 4.57 Å². The maximum Gasteiger partial charge on any atom is 0.159 e. The van der Waals surface area contributed by atoms with Crippen molar-refractivity contribution in [3.63, 3.8) is 0 Å². The molecule has 0 unspecified atom stereocenters. The zero-order chi connectivity index (χ0) is 33.7. The average Bonchev–Trinajstić information content (AvgIpc) is 3.74. The SMILES string of the molecule is c1ccc(Nc2c(-c3ccc4c(c3)c3ccccc3n4-c3cccc(-c4ccccc4)c3)ccc3c2oc2cc(-c4ccccc4)ccc23)cc1. The molecule has 2 heterocycles. The molecule has 0 aliphatic heterocycles. The van der Waals surface area contributed by atoms with Gasteiger partial charge in [-0.15, -0.1) is 0 Å². The van der Waals surface area contributed by atoms with E-state index >= 15 is 0 Å². The Morgan fingerprint density at radius 3 is 1.80 bits per heavy atom. The second-order valence-corrected chi connectivity index (χ2v) is 13.0. The minimum Gasteiger partial charge on any atom is -0.454 e. The fourth-order valence-electron chi connectivity index (χ4n) is 7.55. The lowest BCUT2D eigenvalue weighted by molar-refractivity contribution is 0.670. The summed E-state index contributed by atoms with van der Waals surface area (Å²) in [6.45, 7) is 0. The van der Waals surface area contributed by atoms with Crippen molar-refractivity contribution in [2.45, 2.75) is 0 Å². The molecule has 10 rings (SSSR count). The van der Waals surface area contributed by atoms with E-state index in [9.17, 15) is 0 Å². The third-order valence-corrected chi connectivity index (χ3v) is 9.99. The summed E-state index contributed by atoms with van der Waals surface area (Å²) in [6, 6.07) is 66.7. The van der Waals surface area contributed by atoms with Crippen LogP contribution in [0.15, 0.2) is 192 Å². The van der Waals surface area contributed by atoms with Gasteiger partial charge in [0.2, 0.25) is 0 Å². The Morgan fingerprint density at radius 1 is 0.392 bits per heavy atom. The Kier molecular flexibility index (Phi) is 6.81. The summed E-state index contributed by atoms with van der Waals surface area (Å²) >= 11 is 0. The van der Waals surface area contributed by atoms with Gasteiger partial charge in [0, 0.05) is 38.5 Å². The summed E-state index contributed by atoms with van der Waals surface area (Å²) in [7, 11) is 0. The molecule has 0 aliphatic rings. The molecule has 2 aromatic heterocycles. The third-order valence-electron chi connectivity index (χ3n) is 9.99.